The third-order valence-electron chi connectivity index (χ3n) is 3.91. The summed E-state index contributed by atoms with van der Waals surface area (Å²) in [6.07, 6.45) is 0. The van der Waals surface area contributed by atoms with Gasteiger partial charge in [-0.25, -0.2) is 0 Å². The van der Waals surface area contributed by atoms with Gasteiger partial charge in [-0.15, -0.1) is 0 Å². The van der Waals surface area contributed by atoms with Crippen molar-refractivity contribution >= 4 is 11.7 Å². The second kappa shape index (κ2) is 9.08. The van der Waals surface area contributed by atoms with Crippen molar-refractivity contribution in [1.29, 1.82) is 0 Å². The van der Waals surface area contributed by atoms with Gasteiger partial charge in [0, 0.05) is 31.9 Å². The van der Waals surface area contributed by atoms with Crippen molar-refractivity contribution in [3.8, 4) is 11.5 Å². The first-order chi connectivity index (χ1) is 11.2. The van der Waals surface area contributed by atoms with E-state index in [1.54, 1.807) is 0 Å². The fraction of sp³-hybridized carbons (Fsp3) is 0.278. The van der Waals surface area contributed by atoms with E-state index in [-0.39, 0.29) is 37.5 Å². The Labute approximate surface area is 165 Å². The molecule has 2 aromatic rings. The zero-order valence-corrected chi connectivity index (χ0v) is 15.9. The molecule has 2 aromatic carbocycles. The van der Waals surface area contributed by atoms with Crippen molar-refractivity contribution in [3.05, 3.63) is 54.6 Å². The molecule has 6 heteroatoms. The Morgan fingerprint density at radius 3 is 2.12 bits per heavy atom. The van der Waals surface area contributed by atoms with Crippen LogP contribution in [0.2, 0.25) is 0 Å². The van der Waals surface area contributed by atoms with Gasteiger partial charge in [0.15, 0.2) is 0 Å². The summed E-state index contributed by atoms with van der Waals surface area (Å²) in [5.41, 5.74) is 1.14. The Balaban J connectivity index is 0.00000156. The molecule has 0 bridgehead atoms. The normalized spacial score (nSPS) is 14.8. The first-order valence-corrected chi connectivity index (χ1v) is 7.73. The minimum Gasteiger partial charge on any atom is -1.00 e. The standard InChI is InChI=1S/C18H20N2O3.Na.H/c21-18(22)14-19-10-12-20(13-11-19)15-6-8-17(9-7-15)23-16-4-2-1-3-5-16;;/h1-9H,10-14H2,(H,21,22);;/q;+1;-1. The molecule has 0 radical (unpaired) electrons. The number of benzene rings is 2. The fourth-order valence-corrected chi connectivity index (χ4v) is 2.71. The molecule has 1 N–H and O–H groups in total. The zero-order valence-electron chi connectivity index (χ0n) is 14.9. The predicted molar refractivity (Wildman–Crippen MR) is 90.4 cm³/mol. The largest absolute Gasteiger partial charge is 1.00 e. The van der Waals surface area contributed by atoms with Crippen LogP contribution < -0.4 is 39.2 Å². The quantitative estimate of drug-likeness (QED) is 0.767. The Kier molecular flexibility index (Phi) is 7.12. The summed E-state index contributed by atoms with van der Waals surface area (Å²) in [5.74, 6) is 0.868. The molecule has 0 aliphatic carbocycles. The summed E-state index contributed by atoms with van der Waals surface area (Å²) in [6, 6.07) is 17.7. The van der Waals surface area contributed by atoms with E-state index in [9.17, 15) is 4.79 Å². The number of carboxylic acids is 1. The monoisotopic (exact) mass is 336 g/mol. The van der Waals surface area contributed by atoms with Gasteiger partial charge in [0.2, 0.25) is 0 Å². The number of carbonyl (C=O) groups is 1. The Bertz CT molecular complexity index is 647. The number of carboxylic acid groups (broad SMARTS) is 1. The van der Waals surface area contributed by atoms with Gasteiger partial charge in [-0.05, 0) is 36.4 Å². The van der Waals surface area contributed by atoms with Gasteiger partial charge in [0.1, 0.15) is 11.5 Å². The van der Waals surface area contributed by atoms with E-state index in [1.165, 1.54) is 0 Å². The molecule has 5 nitrogen and oxygen atoms in total. The smallest absolute Gasteiger partial charge is 1.00 e. The van der Waals surface area contributed by atoms with Crippen LogP contribution in [-0.2, 0) is 4.79 Å². The number of rotatable bonds is 5. The molecule has 0 saturated carbocycles. The second-order valence-corrected chi connectivity index (χ2v) is 5.57. The number of hydrogen-bond acceptors (Lipinski definition) is 4. The maximum absolute atomic E-state index is 10.7. The van der Waals surface area contributed by atoms with E-state index >= 15 is 0 Å². The molecule has 1 aliphatic rings. The van der Waals surface area contributed by atoms with Gasteiger partial charge in [0.05, 0.1) is 6.54 Å². The van der Waals surface area contributed by atoms with Crippen molar-refractivity contribution in [2.24, 2.45) is 0 Å². The van der Waals surface area contributed by atoms with Crippen LogP contribution in [0.25, 0.3) is 0 Å². The van der Waals surface area contributed by atoms with E-state index in [1.807, 2.05) is 59.5 Å². The van der Waals surface area contributed by atoms with E-state index in [0.29, 0.717) is 0 Å². The van der Waals surface area contributed by atoms with Gasteiger partial charge < -0.3 is 16.2 Å². The molecule has 0 amide bonds. The van der Waals surface area contributed by atoms with Crippen molar-refractivity contribution in [1.82, 2.24) is 4.90 Å². The van der Waals surface area contributed by atoms with E-state index in [4.69, 9.17) is 9.84 Å². The molecule has 1 saturated heterocycles. The summed E-state index contributed by atoms with van der Waals surface area (Å²) in [7, 11) is 0. The zero-order chi connectivity index (χ0) is 16.1. The number of nitrogens with zero attached hydrogens (tertiary/aromatic N) is 2. The molecular weight excluding hydrogens is 315 g/mol. The summed E-state index contributed by atoms with van der Waals surface area (Å²) >= 11 is 0. The number of para-hydroxylation sites is 1. The fourth-order valence-electron chi connectivity index (χ4n) is 2.71. The maximum Gasteiger partial charge on any atom is 1.00 e. The van der Waals surface area contributed by atoms with Crippen LogP contribution in [0.1, 0.15) is 1.43 Å². The van der Waals surface area contributed by atoms with Gasteiger partial charge >= 0.3 is 35.5 Å². The maximum atomic E-state index is 10.7. The molecule has 122 valence electrons. The Morgan fingerprint density at radius 1 is 0.958 bits per heavy atom. The summed E-state index contributed by atoms with van der Waals surface area (Å²) in [6.45, 7) is 3.35. The molecule has 0 unspecified atom stereocenters. The Hall–Kier alpha value is -1.53. The molecule has 0 atom stereocenters. The van der Waals surface area contributed by atoms with E-state index < -0.39 is 5.97 Å². The molecular formula is C18H21N2NaO3. The van der Waals surface area contributed by atoms with Crippen LogP contribution in [0.3, 0.4) is 0 Å². The molecule has 3 rings (SSSR count). The van der Waals surface area contributed by atoms with Crippen molar-refractivity contribution in [2.45, 2.75) is 0 Å². The summed E-state index contributed by atoms with van der Waals surface area (Å²) in [4.78, 5) is 15.0. The third kappa shape index (κ3) is 5.24. The average Bonchev–Trinajstić information content (AvgIpc) is 2.57. The molecule has 0 spiro atoms. The number of ether oxygens (including phenoxy) is 1. The summed E-state index contributed by atoms with van der Waals surface area (Å²) < 4.78 is 5.79. The van der Waals surface area contributed by atoms with Gasteiger partial charge in [-0.3, -0.25) is 9.69 Å². The number of aliphatic carboxylic acids is 1. The van der Waals surface area contributed by atoms with Crippen LogP contribution in [-0.4, -0.2) is 48.7 Å². The van der Waals surface area contributed by atoms with Crippen LogP contribution in [0.15, 0.2) is 54.6 Å². The SMILES string of the molecule is O=C(O)CN1CCN(c2ccc(Oc3ccccc3)cc2)CC1.[H-].[Na+]. The van der Waals surface area contributed by atoms with Crippen LogP contribution >= 0.6 is 0 Å². The first kappa shape index (κ1) is 18.8. The van der Waals surface area contributed by atoms with E-state index in [0.717, 1.165) is 43.4 Å². The minimum atomic E-state index is -0.763. The average molecular weight is 336 g/mol. The van der Waals surface area contributed by atoms with Gasteiger partial charge in [0.25, 0.3) is 0 Å². The topological polar surface area (TPSA) is 53.0 Å². The van der Waals surface area contributed by atoms with Gasteiger partial charge in [-0.2, -0.15) is 0 Å². The number of piperazine rings is 1. The molecule has 24 heavy (non-hydrogen) atoms. The van der Waals surface area contributed by atoms with Crippen molar-refractivity contribution in [2.75, 3.05) is 37.6 Å². The summed E-state index contributed by atoms with van der Waals surface area (Å²) in [5, 5.41) is 8.83. The van der Waals surface area contributed by atoms with Crippen molar-refractivity contribution in [3.63, 3.8) is 0 Å². The number of anilines is 1. The third-order valence-corrected chi connectivity index (χ3v) is 3.91. The molecule has 1 aliphatic heterocycles. The second-order valence-electron chi connectivity index (χ2n) is 5.57. The van der Waals surface area contributed by atoms with Crippen LogP contribution in [0.4, 0.5) is 5.69 Å². The Morgan fingerprint density at radius 2 is 1.54 bits per heavy atom. The predicted octanol–water partition coefficient (Wildman–Crippen LogP) is -0.198. The van der Waals surface area contributed by atoms with Crippen LogP contribution in [0.5, 0.6) is 11.5 Å². The van der Waals surface area contributed by atoms with E-state index in [2.05, 4.69) is 4.90 Å². The molecule has 1 fully saturated rings. The van der Waals surface area contributed by atoms with Crippen molar-refractivity contribution < 1.29 is 45.6 Å². The minimum absolute atomic E-state index is 0. The van der Waals surface area contributed by atoms with Crippen LogP contribution in [0, 0.1) is 0 Å². The molecule has 0 aromatic heterocycles. The first-order valence-electron chi connectivity index (χ1n) is 7.73. The van der Waals surface area contributed by atoms with Gasteiger partial charge in [-0.1, -0.05) is 18.2 Å². The number of hydrogen-bond donors (Lipinski definition) is 1. The molecule has 1 heterocycles.